The molecule has 0 saturated carbocycles. The van der Waals surface area contributed by atoms with Gasteiger partial charge in [0, 0.05) is 12.6 Å². The first-order valence-electron chi connectivity index (χ1n) is 5.07. The number of nitrogens with zero attached hydrogens (tertiary/aromatic N) is 2. The lowest BCUT2D eigenvalue weighted by Crippen LogP contribution is -2.47. The fourth-order valence-electron chi connectivity index (χ4n) is 1.90. The Hall–Kier alpha value is -0.810. The quantitative estimate of drug-likeness (QED) is 0.716. The zero-order valence-electron chi connectivity index (χ0n) is 8.93. The Morgan fingerprint density at radius 3 is 2.88 bits per heavy atom. The van der Waals surface area contributed by atoms with E-state index in [0.29, 0.717) is 11.7 Å². The van der Waals surface area contributed by atoms with Crippen LogP contribution in [0.15, 0.2) is 18.2 Å². The zero-order chi connectivity index (χ0) is 11.8. The molecule has 4 nitrogen and oxygen atoms in total. The number of hydrogen-bond donors (Lipinski definition) is 0. The molecule has 0 amide bonds. The van der Waals surface area contributed by atoms with Crippen LogP contribution >= 0.6 is 11.6 Å². The number of rotatable bonds is 1. The van der Waals surface area contributed by atoms with Crippen molar-refractivity contribution >= 4 is 27.3 Å². The van der Waals surface area contributed by atoms with Crippen molar-refractivity contribution in [2.75, 3.05) is 23.0 Å². The maximum atomic E-state index is 11.4. The lowest BCUT2D eigenvalue weighted by molar-refractivity contribution is 0.567. The average Bonchev–Trinajstić information content (AvgIpc) is 2.15. The van der Waals surface area contributed by atoms with Gasteiger partial charge in [0.05, 0.1) is 11.5 Å². The second-order valence-corrected chi connectivity index (χ2v) is 6.59. The van der Waals surface area contributed by atoms with Gasteiger partial charge in [-0.15, -0.1) is 0 Å². The molecule has 16 heavy (non-hydrogen) atoms. The largest absolute Gasteiger partial charge is 0.352 e. The summed E-state index contributed by atoms with van der Waals surface area (Å²) in [7, 11) is -2.89. The molecule has 1 unspecified atom stereocenters. The van der Waals surface area contributed by atoms with Crippen LogP contribution in [-0.2, 0) is 9.84 Å². The maximum absolute atomic E-state index is 11.4. The lowest BCUT2D eigenvalue weighted by Gasteiger charge is -2.34. The summed E-state index contributed by atoms with van der Waals surface area (Å²) in [6.45, 7) is 2.37. The molecule has 0 spiro atoms. The predicted molar refractivity (Wildman–Crippen MR) is 64.7 cm³/mol. The maximum Gasteiger partial charge on any atom is 0.154 e. The average molecular weight is 261 g/mol. The van der Waals surface area contributed by atoms with Gasteiger partial charge in [-0.25, -0.2) is 13.4 Å². The topological polar surface area (TPSA) is 50.3 Å². The molecular formula is C10H13ClN2O2S. The van der Waals surface area contributed by atoms with Gasteiger partial charge in [-0.1, -0.05) is 17.7 Å². The standard InChI is InChI=1S/C10H13ClN2O2S/c1-8-7-16(14,15)6-5-13(8)10-4-2-3-9(11)12-10/h2-4,8H,5-7H2,1H3. The summed E-state index contributed by atoms with van der Waals surface area (Å²) in [5.41, 5.74) is 0. The van der Waals surface area contributed by atoms with Crippen molar-refractivity contribution in [2.45, 2.75) is 13.0 Å². The van der Waals surface area contributed by atoms with Crippen molar-refractivity contribution in [2.24, 2.45) is 0 Å². The highest BCUT2D eigenvalue weighted by atomic mass is 35.5. The molecule has 1 aromatic heterocycles. The van der Waals surface area contributed by atoms with Gasteiger partial charge in [-0.05, 0) is 19.1 Å². The number of halogens is 1. The van der Waals surface area contributed by atoms with E-state index in [1.807, 2.05) is 24.0 Å². The second kappa shape index (κ2) is 4.22. The molecule has 0 N–H and O–H groups in total. The van der Waals surface area contributed by atoms with Crippen LogP contribution in [0.2, 0.25) is 5.15 Å². The fourth-order valence-corrected chi connectivity index (χ4v) is 3.61. The van der Waals surface area contributed by atoms with Crippen molar-refractivity contribution < 1.29 is 8.42 Å². The molecule has 0 aromatic carbocycles. The Labute approximate surface area is 100 Å². The summed E-state index contributed by atoms with van der Waals surface area (Å²) in [6, 6.07) is 5.32. The Kier molecular flexibility index (Phi) is 3.08. The first kappa shape index (κ1) is 11.7. The molecule has 2 heterocycles. The molecule has 88 valence electrons. The summed E-state index contributed by atoms with van der Waals surface area (Å²) in [5.74, 6) is 1.11. The highest BCUT2D eigenvalue weighted by molar-refractivity contribution is 7.91. The summed E-state index contributed by atoms with van der Waals surface area (Å²) in [4.78, 5) is 6.17. The molecule has 0 bridgehead atoms. The van der Waals surface area contributed by atoms with E-state index in [0.717, 1.165) is 5.82 Å². The van der Waals surface area contributed by atoms with E-state index in [9.17, 15) is 8.42 Å². The highest BCUT2D eigenvalue weighted by Crippen LogP contribution is 2.20. The molecule has 0 aliphatic carbocycles. The van der Waals surface area contributed by atoms with Crippen LogP contribution in [0.3, 0.4) is 0 Å². The minimum atomic E-state index is -2.89. The van der Waals surface area contributed by atoms with E-state index in [4.69, 9.17) is 11.6 Å². The van der Waals surface area contributed by atoms with E-state index < -0.39 is 9.84 Å². The van der Waals surface area contributed by atoms with Crippen LogP contribution < -0.4 is 4.90 Å². The Bertz CT molecular complexity index is 489. The van der Waals surface area contributed by atoms with E-state index in [1.54, 1.807) is 6.07 Å². The Morgan fingerprint density at radius 1 is 1.50 bits per heavy atom. The van der Waals surface area contributed by atoms with Crippen LogP contribution in [-0.4, -0.2) is 37.5 Å². The molecule has 1 fully saturated rings. The molecule has 0 radical (unpaired) electrons. The van der Waals surface area contributed by atoms with Gasteiger partial charge in [0.15, 0.2) is 9.84 Å². The number of sulfone groups is 1. The molecule has 1 atom stereocenters. The summed E-state index contributed by atoms with van der Waals surface area (Å²) >= 11 is 5.81. The van der Waals surface area contributed by atoms with Crippen molar-refractivity contribution in [1.29, 1.82) is 0 Å². The van der Waals surface area contributed by atoms with Crippen molar-refractivity contribution in [3.63, 3.8) is 0 Å². The first-order valence-corrected chi connectivity index (χ1v) is 7.27. The summed E-state index contributed by atoms with van der Waals surface area (Å²) in [5, 5.41) is 0.429. The van der Waals surface area contributed by atoms with Gasteiger partial charge in [0.2, 0.25) is 0 Å². The molecule has 1 aliphatic rings. The van der Waals surface area contributed by atoms with Crippen LogP contribution in [0.1, 0.15) is 6.92 Å². The summed E-state index contributed by atoms with van der Waals surface area (Å²) < 4.78 is 22.9. The van der Waals surface area contributed by atoms with Gasteiger partial charge in [-0.3, -0.25) is 0 Å². The van der Waals surface area contributed by atoms with Crippen LogP contribution in [0.25, 0.3) is 0 Å². The van der Waals surface area contributed by atoms with E-state index in [2.05, 4.69) is 4.98 Å². The fraction of sp³-hybridized carbons (Fsp3) is 0.500. The van der Waals surface area contributed by atoms with E-state index >= 15 is 0 Å². The Morgan fingerprint density at radius 2 is 2.25 bits per heavy atom. The third kappa shape index (κ3) is 2.47. The number of aromatic nitrogens is 1. The normalized spacial score (nSPS) is 24.4. The van der Waals surface area contributed by atoms with Gasteiger partial charge in [0.1, 0.15) is 11.0 Å². The third-order valence-corrected chi connectivity index (χ3v) is 4.67. The van der Waals surface area contributed by atoms with Crippen molar-refractivity contribution in [3.8, 4) is 0 Å². The molecule has 6 heteroatoms. The molecule has 1 aliphatic heterocycles. The molecule has 1 saturated heterocycles. The van der Waals surface area contributed by atoms with Crippen molar-refractivity contribution in [1.82, 2.24) is 4.98 Å². The highest BCUT2D eigenvalue weighted by Gasteiger charge is 2.28. The number of pyridine rings is 1. The zero-order valence-corrected chi connectivity index (χ0v) is 10.5. The van der Waals surface area contributed by atoms with Gasteiger partial charge in [-0.2, -0.15) is 0 Å². The number of anilines is 1. The second-order valence-electron chi connectivity index (χ2n) is 3.98. The van der Waals surface area contributed by atoms with Crippen molar-refractivity contribution in [3.05, 3.63) is 23.4 Å². The minimum Gasteiger partial charge on any atom is -0.352 e. The molecule has 2 rings (SSSR count). The number of hydrogen-bond acceptors (Lipinski definition) is 4. The SMILES string of the molecule is CC1CS(=O)(=O)CCN1c1cccc(Cl)n1. The smallest absolute Gasteiger partial charge is 0.154 e. The van der Waals surface area contributed by atoms with Crippen LogP contribution in [0.4, 0.5) is 5.82 Å². The monoisotopic (exact) mass is 260 g/mol. The molecular weight excluding hydrogens is 248 g/mol. The van der Waals surface area contributed by atoms with E-state index in [1.165, 1.54) is 0 Å². The van der Waals surface area contributed by atoms with Gasteiger partial charge >= 0.3 is 0 Å². The lowest BCUT2D eigenvalue weighted by atomic mass is 10.3. The first-order chi connectivity index (χ1) is 7.48. The van der Waals surface area contributed by atoms with Gasteiger partial charge < -0.3 is 4.90 Å². The van der Waals surface area contributed by atoms with E-state index in [-0.39, 0.29) is 17.5 Å². The van der Waals surface area contributed by atoms with Crippen LogP contribution in [0.5, 0.6) is 0 Å². The predicted octanol–water partition coefficient (Wildman–Crippen LogP) is 1.36. The Balaban J connectivity index is 2.24. The minimum absolute atomic E-state index is 0.0512. The third-order valence-electron chi connectivity index (χ3n) is 2.67. The van der Waals surface area contributed by atoms with Gasteiger partial charge in [0.25, 0.3) is 0 Å². The molecule has 1 aromatic rings. The summed E-state index contributed by atoms with van der Waals surface area (Å²) in [6.07, 6.45) is 0. The van der Waals surface area contributed by atoms with Crippen LogP contribution in [0, 0.1) is 0 Å².